The maximum absolute atomic E-state index is 11.5. The van der Waals surface area contributed by atoms with Crippen LogP contribution in [0.4, 0.5) is 10.5 Å². The van der Waals surface area contributed by atoms with E-state index in [0.29, 0.717) is 18.0 Å². The van der Waals surface area contributed by atoms with Crippen LogP contribution in [0.1, 0.15) is 18.1 Å². The molecule has 0 radical (unpaired) electrons. The molecule has 24 heavy (non-hydrogen) atoms. The molecule has 2 aromatic rings. The monoisotopic (exact) mass is 393 g/mol. The third-order valence-electron chi connectivity index (χ3n) is 3.31. The van der Waals surface area contributed by atoms with Crippen molar-refractivity contribution in [2.24, 2.45) is 0 Å². The van der Waals surface area contributed by atoms with E-state index in [9.17, 15) is 4.79 Å². The minimum atomic E-state index is -0.540. The molecule has 0 bridgehead atoms. The molecule has 1 amide bonds. The Labute approximate surface area is 150 Å². The van der Waals surface area contributed by atoms with Gasteiger partial charge in [-0.25, -0.2) is 4.79 Å². The van der Waals surface area contributed by atoms with E-state index in [-0.39, 0.29) is 6.61 Å². The van der Waals surface area contributed by atoms with Crippen LogP contribution >= 0.6 is 15.9 Å². The van der Waals surface area contributed by atoms with Crippen LogP contribution in [-0.2, 0) is 11.3 Å². The fourth-order valence-corrected chi connectivity index (χ4v) is 2.76. The van der Waals surface area contributed by atoms with E-state index in [2.05, 4.69) is 26.0 Å². The maximum atomic E-state index is 11.5. The number of amides is 1. The summed E-state index contributed by atoms with van der Waals surface area (Å²) >= 11 is 3.49. The number of ether oxygens (including phenoxy) is 3. The second kappa shape index (κ2) is 8.59. The van der Waals surface area contributed by atoms with Crippen LogP contribution < -0.4 is 14.8 Å². The van der Waals surface area contributed by atoms with Crippen molar-refractivity contribution in [1.29, 1.82) is 0 Å². The molecule has 0 saturated heterocycles. The summed E-state index contributed by atoms with van der Waals surface area (Å²) in [5, 5.41) is 2.69. The lowest BCUT2D eigenvalue weighted by molar-refractivity contribution is 0.187. The number of benzene rings is 2. The highest BCUT2D eigenvalue weighted by Gasteiger charge is 2.14. The number of methoxy groups -OCH3 is 1. The van der Waals surface area contributed by atoms with Gasteiger partial charge < -0.3 is 14.2 Å². The zero-order valence-electron chi connectivity index (χ0n) is 13.9. The van der Waals surface area contributed by atoms with Crippen molar-refractivity contribution in [1.82, 2.24) is 0 Å². The second-order valence-corrected chi connectivity index (χ2v) is 5.91. The average Bonchev–Trinajstić information content (AvgIpc) is 2.56. The van der Waals surface area contributed by atoms with Crippen molar-refractivity contribution in [3.63, 3.8) is 0 Å². The van der Waals surface area contributed by atoms with Gasteiger partial charge in [-0.1, -0.05) is 12.1 Å². The number of anilines is 1. The van der Waals surface area contributed by atoms with Gasteiger partial charge in [-0.05, 0) is 59.6 Å². The first-order valence-electron chi connectivity index (χ1n) is 7.53. The lowest BCUT2D eigenvalue weighted by atomic mass is 10.1. The highest BCUT2D eigenvalue weighted by atomic mass is 79.9. The molecular weight excluding hydrogens is 374 g/mol. The van der Waals surface area contributed by atoms with Gasteiger partial charge in [0.15, 0.2) is 0 Å². The molecule has 0 atom stereocenters. The van der Waals surface area contributed by atoms with Crippen LogP contribution in [0, 0.1) is 6.92 Å². The van der Waals surface area contributed by atoms with E-state index in [1.54, 1.807) is 6.07 Å². The van der Waals surface area contributed by atoms with Gasteiger partial charge in [0.2, 0.25) is 0 Å². The van der Waals surface area contributed by atoms with Crippen LogP contribution in [0.25, 0.3) is 0 Å². The van der Waals surface area contributed by atoms with Crippen molar-refractivity contribution < 1.29 is 19.0 Å². The van der Waals surface area contributed by atoms with E-state index in [1.165, 1.54) is 7.11 Å². The summed E-state index contributed by atoms with van der Waals surface area (Å²) in [7, 11) is 1.32. The molecule has 1 N–H and O–H groups in total. The summed E-state index contributed by atoms with van der Waals surface area (Å²) < 4.78 is 17.1. The van der Waals surface area contributed by atoms with Gasteiger partial charge in [0, 0.05) is 0 Å². The molecule has 0 spiro atoms. The number of carbonyl (C=O) groups is 1. The van der Waals surface area contributed by atoms with Gasteiger partial charge >= 0.3 is 6.09 Å². The number of rotatable bonds is 6. The first-order chi connectivity index (χ1) is 11.5. The summed E-state index contributed by atoms with van der Waals surface area (Å²) in [6.07, 6.45) is -0.540. The Bertz CT molecular complexity index is 718. The molecular formula is C18H20BrNO4. The Hall–Kier alpha value is -2.21. The Balaban J connectivity index is 2.26. The van der Waals surface area contributed by atoms with Crippen molar-refractivity contribution in [2.75, 3.05) is 19.0 Å². The lowest BCUT2D eigenvalue weighted by Crippen LogP contribution is -2.14. The van der Waals surface area contributed by atoms with Crippen LogP contribution in [0.15, 0.2) is 40.9 Å². The van der Waals surface area contributed by atoms with Crippen molar-refractivity contribution in [2.45, 2.75) is 20.5 Å². The maximum Gasteiger partial charge on any atom is 0.411 e. The second-order valence-electron chi connectivity index (χ2n) is 5.05. The number of carbonyl (C=O) groups excluding carboxylic acids is 1. The Kier molecular flexibility index (Phi) is 6.49. The van der Waals surface area contributed by atoms with E-state index in [4.69, 9.17) is 9.47 Å². The topological polar surface area (TPSA) is 56.8 Å². The number of hydrogen-bond donors (Lipinski definition) is 1. The Morgan fingerprint density at radius 2 is 1.96 bits per heavy atom. The fourth-order valence-electron chi connectivity index (χ4n) is 2.16. The first kappa shape index (κ1) is 18.1. The quantitative estimate of drug-likeness (QED) is 0.756. The standard InChI is InChI=1S/C18H20BrNO4/c1-4-23-16-7-5-6-15(20-18(21)22-3)13(16)11-24-17-9-8-12(2)10-14(17)19/h5-10H,4,11H2,1-3H3,(H,20,21). The third-order valence-corrected chi connectivity index (χ3v) is 3.93. The van der Waals surface area contributed by atoms with E-state index in [0.717, 1.165) is 21.3 Å². The first-order valence-corrected chi connectivity index (χ1v) is 8.33. The highest BCUT2D eigenvalue weighted by Crippen LogP contribution is 2.31. The molecule has 0 fully saturated rings. The smallest absolute Gasteiger partial charge is 0.411 e. The molecule has 2 rings (SSSR count). The Morgan fingerprint density at radius 1 is 1.17 bits per heavy atom. The fraction of sp³-hybridized carbons (Fsp3) is 0.278. The zero-order valence-corrected chi connectivity index (χ0v) is 15.5. The predicted molar refractivity (Wildman–Crippen MR) is 96.8 cm³/mol. The number of aryl methyl sites for hydroxylation is 1. The van der Waals surface area contributed by atoms with Gasteiger partial charge in [-0.2, -0.15) is 0 Å². The number of nitrogens with one attached hydrogen (secondary N) is 1. The van der Waals surface area contributed by atoms with E-state index < -0.39 is 6.09 Å². The van der Waals surface area contributed by atoms with Crippen molar-refractivity contribution >= 4 is 27.7 Å². The highest BCUT2D eigenvalue weighted by molar-refractivity contribution is 9.10. The van der Waals surface area contributed by atoms with Crippen LogP contribution in [0.5, 0.6) is 11.5 Å². The van der Waals surface area contributed by atoms with Crippen molar-refractivity contribution in [3.05, 3.63) is 52.0 Å². The molecule has 0 aliphatic rings. The molecule has 6 heteroatoms. The molecule has 128 valence electrons. The summed E-state index contributed by atoms with van der Waals surface area (Å²) in [4.78, 5) is 11.5. The number of halogens is 1. The van der Waals surface area contributed by atoms with Crippen molar-refractivity contribution in [3.8, 4) is 11.5 Å². The summed E-state index contributed by atoms with van der Waals surface area (Å²) in [6, 6.07) is 11.3. The summed E-state index contributed by atoms with van der Waals surface area (Å²) in [5.41, 5.74) is 2.48. The molecule has 0 aliphatic carbocycles. The van der Waals surface area contributed by atoms with E-state index in [1.807, 2.05) is 44.2 Å². The molecule has 0 heterocycles. The van der Waals surface area contributed by atoms with Crippen LogP contribution in [0.2, 0.25) is 0 Å². The van der Waals surface area contributed by atoms with Crippen LogP contribution in [0.3, 0.4) is 0 Å². The minimum absolute atomic E-state index is 0.247. The SMILES string of the molecule is CCOc1cccc(NC(=O)OC)c1COc1ccc(C)cc1Br. The van der Waals surface area contributed by atoms with Gasteiger partial charge in [-0.3, -0.25) is 5.32 Å². The third kappa shape index (κ3) is 4.64. The molecule has 0 aliphatic heterocycles. The average molecular weight is 394 g/mol. The summed E-state index contributed by atoms with van der Waals surface area (Å²) in [6.45, 7) is 4.68. The van der Waals surface area contributed by atoms with Gasteiger partial charge in [0.1, 0.15) is 18.1 Å². The molecule has 2 aromatic carbocycles. The molecule has 5 nitrogen and oxygen atoms in total. The van der Waals surface area contributed by atoms with Crippen LogP contribution in [-0.4, -0.2) is 19.8 Å². The lowest BCUT2D eigenvalue weighted by Gasteiger charge is -2.16. The molecule has 0 unspecified atom stereocenters. The van der Waals surface area contributed by atoms with E-state index >= 15 is 0 Å². The normalized spacial score (nSPS) is 10.2. The van der Waals surface area contributed by atoms with Gasteiger partial charge in [0.25, 0.3) is 0 Å². The van der Waals surface area contributed by atoms with Gasteiger partial charge in [0.05, 0.1) is 29.4 Å². The van der Waals surface area contributed by atoms with Gasteiger partial charge in [-0.15, -0.1) is 0 Å². The molecule has 0 aromatic heterocycles. The predicted octanol–water partition coefficient (Wildman–Crippen LogP) is 4.91. The zero-order chi connectivity index (χ0) is 17.5. The Morgan fingerprint density at radius 3 is 2.62 bits per heavy atom. The number of hydrogen-bond acceptors (Lipinski definition) is 4. The largest absolute Gasteiger partial charge is 0.493 e. The molecule has 0 saturated carbocycles. The minimum Gasteiger partial charge on any atom is -0.493 e. The summed E-state index contributed by atoms with van der Waals surface area (Å²) in [5.74, 6) is 1.38.